The van der Waals surface area contributed by atoms with Gasteiger partial charge >= 0.3 is 0 Å². The predicted molar refractivity (Wildman–Crippen MR) is 104 cm³/mol. The molecule has 2 N–H and O–H groups in total. The standard InChI is InChI=1S/C19H16ClN3O3S/c1-12-21-14(11-27-12)10-26-15-8-6-13(7-9-15)18(24)22-23-19(25)16-4-2-3-5-17(16)20/h2-9,11H,10H2,1H3,(H,22,24)(H,23,25). The molecule has 0 aliphatic heterocycles. The van der Waals surface area contributed by atoms with Crippen molar-refractivity contribution in [3.05, 3.63) is 80.8 Å². The van der Waals surface area contributed by atoms with Gasteiger partial charge in [0.1, 0.15) is 12.4 Å². The number of hydrazine groups is 1. The molecule has 2 amide bonds. The second kappa shape index (κ2) is 8.66. The highest BCUT2D eigenvalue weighted by molar-refractivity contribution is 7.09. The molecule has 2 aromatic carbocycles. The number of carbonyl (C=O) groups is 2. The minimum Gasteiger partial charge on any atom is -0.487 e. The molecule has 0 spiro atoms. The van der Waals surface area contributed by atoms with Gasteiger partial charge in [-0.1, -0.05) is 23.7 Å². The molecular weight excluding hydrogens is 386 g/mol. The fraction of sp³-hybridized carbons (Fsp3) is 0.105. The maximum atomic E-state index is 12.2. The van der Waals surface area contributed by atoms with Crippen LogP contribution in [0.4, 0.5) is 0 Å². The zero-order chi connectivity index (χ0) is 19.2. The van der Waals surface area contributed by atoms with E-state index in [0.717, 1.165) is 10.7 Å². The molecule has 3 aromatic rings. The zero-order valence-electron chi connectivity index (χ0n) is 14.4. The van der Waals surface area contributed by atoms with Crippen LogP contribution in [0.25, 0.3) is 0 Å². The second-order valence-corrected chi connectivity index (χ2v) is 7.03. The van der Waals surface area contributed by atoms with Crippen molar-refractivity contribution in [1.82, 2.24) is 15.8 Å². The summed E-state index contributed by atoms with van der Waals surface area (Å²) in [6.45, 7) is 2.30. The lowest BCUT2D eigenvalue weighted by molar-refractivity contribution is 0.0846. The Morgan fingerprint density at radius 1 is 1.07 bits per heavy atom. The van der Waals surface area contributed by atoms with Crippen molar-refractivity contribution in [3.63, 3.8) is 0 Å². The van der Waals surface area contributed by atoms with E-state index in [2.05, 4.69) is 15.8 Å². The number of thiazole rings is 1. The molecule has 1 heterocycles. The quantitative estimate of drug-likeness (QED) is 0.638. The fourth-order valence-corrected chi connectivity index (χ4v) is 3.05. The monoisotopic (exact) mass is 401 g/mol. The maximum absolute atomic E-state index is 12.2. The van der Waals surface area contributed by atoms with Gasteiger partial charge in [0.05, 0.1) is 21.3 Å². The molecule has 3 rings (SSSR count). The molecule has 0 bridgehead atoms. The number of carbonyl (C=O) groups excluding carboxylic acids is 2. The number of aryl methyl sites for hydroxylation is 1. The van der Waals surface area contributed by atoms with E-state index in [-0.39, 0.29) is 5.56 Å². The number of nitrogens with one attached hydrogen (secondary N) is 2. The fourth-order valence-electron chi connectivity index (χ4n) is 2.23. The van der Waals surface area contributed by atoms with Crippen LogP contribution in [0, 0.1) is 6.92 Å². The first-order chi connectivity index (χ1) is 13.0. The molecule has 0 unspecified atom stereocenters. The van der Waals surface area contributed by atoms with Crippen molar-refractivity contribution in [1.29, 1.82) is 0 Å². The van der Waals surface area contributed by atoms with Crippen molar-refractivity contribution in [2.45, 2.75) is 13.5 Å². The van der Waals surface area contributed by atoms with Crippen LogP contribution in [0.3, 0.4) is 0 Å². The van der Waals surface area contributed by atoms with Gasteiger partial charge in [-0.05, 0) is 43.3 Å². The number of hydrogen-bond donors (Lipinski definition) is 2. The molecule has 0 saturated heterocycles. The molecule has 0 aliphatic rings. The maximum Gasteiger partial charge on any atom is 0.271 e. The highest BCUT2D eigenvalue weighted by atomic mass is 35.5. The Balaban J connectivity index is 1.52. The Bertz CT molecular complexity index is 957. The molecule has 8 heteroatoms. The Morgan fingerprint density at radius 3 is 2.44 bits per heavy atom. The van der Waals surface area contributed by atoms with Crippen molar-refractivity contribution >= 4 is 34.8 Å². The molecule has 0 radical (unpaired) electrons. The summed E-state index contributed by atoms with van der Waals surface area (Å²) in [5, 5.41) is 3.24. The van der Waals surface area contributed by atoms with E-state index < -0.39 is 11.8 Å². The Hall–Kier alpha value is -2.90. The summed E-state index contributed by atoms with van der Waals surface area (Å²) in [5.41, 5.74) is 6.22. The predicted octanol–water partition coefficient (Wildman–Crippen LogP) is 3.76. The summed E-state index contributed by atoms with van der Waals surface area (Å²) < 4.78 is 5.64. The third-order valence-corrected chi connectivity index (χ3v) is 4.73. The van der Waals surface area contributed by atoms with Gasteiger partial charge in [0.2, 0.25) is 0 Å². The molecule has 1 aromatic heterocycles. The lowest BCUT2D eigenvalue weighted by Crippen LogP contribution is -2.41. The van der Waals surface area contributed by atoms with Crippen LogP contribution in [-0.4, -0.2) is 16.8 Å². The van der Waals surface area contributed by atoms with Crippen molar-refractivity contribution in [2.24, 2.45) is 0 Å². The normalized spacial score (nSPS) is 10.3. The summed E-state index contributed by atoms with van der Waals surface area (Å²) in [7, 11) is 0. The summed E-state index contributed by atoms with van der Waals surface area (Å²) in [4.78, 5) is 28.5. The van der Waals surface area contributed by atoms with Crippen molar-refractivity contribution < 1.29 is 14.3 Å². The van der Waals surface area contributed by atoms with Crippen LogP contribution in [0.5, 0.6) is 5.75 Å². The number of nitrogens with zero attached hydrogens (tertiary/aromatic N) is 1. The van der Waals surface area contributed by atoms with Crippen LogP contribution in [0.2, 0.25) is 5.02 Å². The summed E-state index contributed by atoms with van der Waals surface area (Å²) in [5.74, 6) is -0.318. The molecule has 138 valence electrons. The first-order valence-electron chi connectivity index (χ1n) is 8.02. The highest BCUT2D eigenvalue weighted by Crippen LogP contribution is 2.16. The van der Waals surface area contributed by atoms with Crippen molar-refractivity contribution in [2.75, 3.05) is 0 Å². The Labute approximate surface area is 165 Å². The Kier molecular flexibility index (Phi) is 6.05. The van der Waals surface area contributed by atoms with Crippen LogP contribution in [-0.2, 0) is 6.61 Å². The van der Waals surface area contributed by atoms with Gasteiger partial charge in [0, 0.05) is 10.9 Å². The van der Waals surface area contributed by atoms with Crippen LogP contribution >= 0.6 is 22.9 Å². The number of halogens is 1. The smallest absolute Gasteiger partial charge is 0.271 e. The van der Waals surface area contributed by atoms with Gasteiger partial charge in [0.15, 0.2) is 0 Å². The van der Waals surface area contributed by atoms with E-state index in [1.54, 1.807) is 59.9 Å². The van der Waals surface area contributed by atoms with Gasteiger partial charge < -0.3 is 4.74 Å². The lowest BCUT2D eigenvalue weighted by atomic mass is 10.2. The molecule has 0 saturated carbocycles. The van der Waals surface area contributed by atoms with E-state index in [1.807, 2.05) is 12.3 Å². The second-order valence-electron chi connectivity index (χ2n) is 5.56. The third kappa shape index (κ3) is 5.06. The molecule has 27 heavy (non-hydrogen) atoms. The van der Waals surface area contributed by atoms with Crippen molar-refractivity contribution in [3.8, 4) is 5.75 Å². The third-order valence-electron chi connectivity index (χ3n) is 3.58. The minimum atomic E-state index is -0.493. The Morgan fingerprint density at radius 2 is 1.78 bits per heavy atom. The highest BCUT2D eigenvalue weighted by Gasteiger charge is 2.11. The van der Waals surface area contributed by atoms with E-state index in [0.29, 0.717) is 22.9 Å². The van der Waals surface area contributed by atoms with E-state index in [1.165, 1.54) is 0 Å². The molecule has 6 nitrogen and oxygen atoms in total. The topological polar surface area (TPSA) is 80.3 Å². The largest absolute Gasteiger partial charge is 0.487 e. The number of benzene rings is 2. The van der Waals surface area contributed by atoms with Gasteiger partial charge in [-0.15, -0.1) is 11.3 Å². The number of aromatic nitrogens is 1. The number of hydrogen-bond acceptors (Lipinski definition) is 5. The number of ether oxygens (including phenoxy) is 1. The summed E-state index contributed by atoms with van der Waals surface area (Å²) >= 11 is 7.52. The molecule has 0 atom stereocenters. The zero-order valence-corrected chi connectivity index (χ0v) is 15.9. The summed E-state index contributed by atoms with van der Waals surface area (Å²) in [6.07, 6.45) is 0. The molecular formula is C19H16ClN3O3S. The first-order valence-corrected chi connectivity index (χ1v) is 9.28. The van der Waals surface area contributed by atoms with Gasteiger partial charge in [0.25, 0.3) is 11.8 Å². The summed E-state index contributed by atoms with van der Waals surface area (Å²) in [6, 6.07) is 13.2. The van der Waals surface area contributed by atoms with Gasteiger partial charge in [-0.2, -0.15) is 0 Å². The van der Waals surface area contributed by atoms with Crippen LogP contribution in [0.1, 0.15) is 31.4 Å². The van der Waals surface area contributed by atoms with E-state index in [4.69, 9.17) is 16.3 Å². The first kappa shape index (κ1) is 18.9. The average molecular weight is 402 g/mol. The SMILES string of the molecule is Cc1nc(COc2ccc(C(=O)NNC(=O)c3ccccc3Cl)cc2)cs1. The van der Waals surface area contributed by atoms with E-state index in [9.17, 15) is 9.59 Å². The van der Waals surface area contributed by atoms with E-state index >= 15 is 0 Å². The van der Waals surface area contributed by atoms with Crippen LogP contribution < -0.4 is 15.6 Å². The van der Waals surface area contributed by atoms with Gasteiger partial charge in [-0.25, -0.2) is 4.98 Å². The number of amides is 2. The lowest BCUT2D eigenvalue weighted by Gasteiger charge is -2.09. The molecule has 0 aliphatic carbocycles. The minimum absolute atomic E-state index is 0.278. The van der Waals surface area contributed by atoms with Crippen LogP contribution in [0.15, 0.2) is 53.9 Å². The average Bonchev–Trinajstić information content (AvgIpc) is 3.10. The number of rotatable bonds is 5. The van der Waals surface area contributed by atoms with Gasteiger partial charge in [-0.3, -0.25) is 20.4 Å². The molecule has 0 fully saturated rings.